The molecule has 3 aromatic rings. The highest BCUT2D eigenvalue weighted by Crippen LogP contribution is 2.21. The number of carbonyl (C=O) groups is 1. The minimum atomic E-state index is -0.302. The molecule has 0 bridgehead atoms. The monoisotopic (exact) mass is 364 g/mol. The summed E-state index contributed by atoms with van der Waals surface area (Å²) in [5.41, 5.74) is 3.28. The van der Waals surface area contributed by atoms with E-state index in [1.807, 2.05) is 13.0 Å². The van der Waals surface area contributed by atoms with Crippen molar-refractivity contribution in [3.05, 3.63) is 53.6 Å². The molecule has 1 aromatic carbocycles. The highest BCUT2D eigenvalue weighted by Gasteiger charge is 2.24. The van der Waals surface area contributed by atoms with E-state index in [1.165, 1.54) is 12.1 Å². The smallest absolute Gasteiger partial charge is 0.274 e. The van der Waals surface area contributed by atoms with E-state index in [9.17, 15) is 9.18 Å². The van der Waals surface area contributed by atoms with Gasteiger partial charge in [0.2, 0.25) is 0 Å². The molecule has 1 saturated heterocycles. The van der Waals surface area contributed by atoms with E-state index in [4.69, 9.17) is 5.26 Å². The number of imidazole rings is 1. The van der Waals surface area contributed by atoms with Gasteiger partial charge in [-0.2, -0.15) is 10.4 Å². The first kappa shape index (κ1) is 17.0. The zero-order chi connectivity index (χ0) is 19.0. The lowest BCUT2D eigenvalue weighted by Crippen LogP contribution is -2.47. The van der Waals surface area contributed by atoms with Crippen molar-refractivity contribution in [3.8, 4) is 17.5 Å². The van der Waals surface area contributed by atoms with E-state index in [0.29, 0.717) is 43.2 Å². The molecule has 0 spiro atoms. The Morgan fingerprint density at radius 1 is 1.19 bits per heavy atom. The summed E-state index contributed by atoms with van der Waals surface area (Å²) in [7, 11) is 0. The first-order chi connectivity index (χ1) is 13.0. The van der Waals surface area contributed by atoms with E-state index in [0.717, 1.165) is 11.1 Å². The molecule has 0 unspecified atom stereocenters. The highest BCUT2D eigenvalue weighted by atomic mass is 19.1. The SMILES string of the molecule is Cc1cc(-c2ccc(F)cc2)nn2cc(C(=O)N3CCN(C#N)CC3)nc12. The fourth-order valence-electron chi connectivity index (χ4n) is 3.17. The van der Waals surface area contributed by atoms with Crippen LogP contribution in [0.3, 0.4) is 0 Å². The second-order valence-electron chi connectivity index (χ2n) is 6.49. The molecule has 1 aliphatic heterocycles. The standard InChI is InChI=1S/C19H17FN6O/c1-13-10-16(14-2-4-15(20)5-3-14)23-26-11-17(22-18(13)26)19(27)25-8-6-24(12-21)7-9-25/h2-5,10-11H,6-9H2,1H3. The molecule has 1 aliphatic rings. The van der Waals surface area contributed by atoms with Crippen molar-refractivity contribution < 1.29 is 9.18 Å². The summed E-state index contributed by atoms with van der Waals surface area (Å²) in [6.07, 6.45) is 3.72. The molecule has 1 amide bonds. The van der Waals surface area contributed by atoms with Crippen molar-refractivity contribution >= 4 is 11.6 Å². The molecule has 4 rings (SSSR count). The van der Waals surface area contributed by atoms with Crippen LogP contribution in [0, 0.1) is 24.2 Å². The summed E-state index contributed by atoms with van der Waals surface area (Å²) in [4.78, 5) is 20.5. The molecule has 0 aliphatic carbocycles. The van der Waals surface area contributed by atoms with Gasteiger partial charge in [-0.1, -0.05) is 0 Å². The maximum absolute atomic E-state index is 13.2. The summed E-state index contributed by atoms with van der Waals surface area (Å²) in [6, 6.07) is 7.98. The number of benzene rings is 1. The number of rotatable bonds is 2. The van der Waals surface area contributed by atoms with Gasteiger partial charge < -0.3 is 9.80 Å². The summed E-state index contributed by atoms with van der Waals surface area (Å²) in [6.45, 7) is 3.95. The Hall–Kier alpha value is -3.47. The molecule has 0 N–H and O–H groups in total. The van der Waals surface area contributed by atoms with Gasteiger partial charge in [0, 0.05) is 31.7 Å². The minimum absolute atomic E-state index is 0.166. The van der Waals surface area contributed by atoms with Crippen LogP contribution in [0.25, 0.3) is 16.9 Å². The van der Waals surface area contributed by atoms with Gasteiger partial charge in [0.05, 0.1) is 11.9 Å². The van der Waals surface area contributed by atoms with E-state index in [-0.39, 0.29) is 11.7 Å². The quantitative estimate of drug-likeness (QED) is 0.651. The first-order valence-corrected chi connectivity index (χ1v) is 8.62. The van der Waals surface area contributed by atoms with Gasteiger partial charge in [-0.3, -0.25) is 4.79 Å². The van der Waals surface area contributed by atoms with Crippen molar-refractivity contribution in [3.63, 3.8) is 0 Å². The molecule has 2 aromatic heterocycles. The molecule has 136 valence electrons. The minimum Gasteiger partial charge on any atom is -0.334 e. The summed E-state index contributed by atoms with van der Waals surface area (Å²) in [5, 5.41) is 13.4. The molecular formula is C19H17FN6O. The maximum Gasteiger partial charge on any atom is 0.274 e. The Morgan fingerprint density at radius 3 is 2.56 bits per heavy atom. The number of hydrogen-bond donors (Lipinski definition) is 0. The number of carbonyl (C=O) groups excluding carboxylic acids is 1. The fraction of sp³-hybridized carbons (Fsp3) is 0.263. The van der Waals surface area contributed by atoms with Crippen molar-refractivity contribution in [2.75, 3.05) is 26.2 Å². The van der Waals surface area contributed by atoms with Crippen molar-refractivity contribution in [2.24, 2.45) is 0 Å². The van der Waals surface area contributed by atoms with Crippen LogP contribution in [0.1, 0.15) is 16.1 Å². The second-order valence-corrected chi connectivity index (χ2v) is 6.49. The molecule has 0 saturated carbocycles. The lowest BCUT2D eigenvalue weighted by Gasteiger charge is -2.31. The Balaban J connectivity index is 1.64. The van der Waals surface area contributed by atoms with E-state index < -0.39 is 0 Å². The van der Waals surface area contributed by atoms with Gasteiger partial charge in [0.25, 0.3) is 5.91 Å². The van der Waals surface area contributed by atoms with E-state index >= 15 is 0 Å². The lowest BCUT2D eigenvalue weighted by atomic mass is 10.1. The lowest BCUT2D eigenvalue weighted by molar-refractivity contribution is 0.0679. The first-order valence-electron chi connectivity index (χ1n) is 8.62. The van der Waals surface area contributed by atoms with Crippen molar-refractivity contribution in [1.82, 2.24) is 24.4 Å². The van der Waals surface area contributed by atoms with Crippen LogP contribution in [0.5, 0.6) is 0 Å². The Morgan fingerprint density at radius 2 is 1.89 bits per heavy atom. The van der Waals surface area contributed by atoms with E-state index in [1.54, 1.807) is 32.6 Å². The third kappa shape index (κ3) is 3.19. The number of halogens is 1. The molecule has 0 radical (unpaired) electrons. The zero-order valence-electron chi connectivity index (χ0n) is 14.8. The maximum atomic E-state index is 13.2. The predicted molar refractivity (Wildman–Crippen MR) is 96.2 cm³/mol. The molecule has 7 nitrogen and oxygen atoms in total. The second kappa shape index (κ2) is 6.68. The number of nitriles is 1. The van der Waals surface area contributed by atoms with Gasteiger partial charge in [0.15, 0.2) is 11.8 Å². The van der Waals surface area contributed by atoms with Crippen molar-refractivity contribution in [2.45, 2.75) is 6.92 Å². The van der Waals surface area contributed by atoms with Gasteiger partial charge >= 0.3 is 0 Å². The molecule has 3 heterocycles. The summed E-state index contributed by atoms with van der Waals surface area (Å²) >= 11 is 0. The van der Waals surface area contributed by atoms with Gasteiger partial charge in [0.1, 0.15) is 11.5 Å². The Bertz CT molecular complexity index is 1040. The zero-order valence-corrected chi connectivity index (χ0v) is 14.8. The summed E-state index contributed by atoms with van der Waals surface area (Å²) in [5.74, 6) is -0.468. The number of nitrogens with zero attached hydrogens (tertiary/aromatic N) is 6. The molecule has 1 fully saturated rings. The number of aromatic nitrogens is 3. The number of piperazine rings is 1. The number of amides is 1. The van der Waals surface area contributed by atoms with Gasteiger partial charge in [-0.25, -0.2) is 13.9 Å². The predicted octanol–water partition coefficient (Wildman–Crippen LogP) is 2.08. The van der Waals surface area contributed by atoms with Gasteiger partial charge in [-0.15, -0.1) is 0 Å². The molecule has 27 heavy (non-hydrogen) atoms. The fourth-order valence-corrected chi connectivity index (χ4v) is 3.17. The Labute approximate surface area is 155 Å². The van der Waals surface area contributed by atoms with Crippen LogP contribution in [-0.2, 0) is 0 Å². The van der Waals surface area contributed by atoms with Gasteiger partial charge in [-0.05, 0) is 42.8 Å². The van der Waals surface area contributed by atoms with Crippen LogP contribution in [0.15, 0.2) is 36.5 Å². The summed E-state index contributed by atoms with van der Waals surface area (Å²) < 4.78 is 14.7. The third-order valence-corrected chi connectivity index (χ3v) is 4.68. The molecule has 0 atom stereocenters. The van der Waals surface area contributed by atoms with Crippen LogP contribution >= 0.6 is 0 Å². The number of fused-ring (bicyclic) bond motifs is 1. The number of aryl methyl sites for hydroxylation is 1. The molecular weight excluding hydrogens is 347 g/mol. The van der Waals surface area contributed by atoms with Crippen LogP contribution in [-0.4, -0.2) is 56.5 Å². The van der Waals surface area contributed by atoms with Crippen LogP contribution < -0.4 is 0 Å². The topological polar surface area (TPSA) is 77.5 Å². The van der Waals surface area contributed by atoms with E-state index in [2.05, 4.69) is 16.3 Å². The van der Waals surface area contributed by atoms with Crippen LogP contribution in [0.2, 0.25) is 0 Å². The Kier molecular flexibility index (Phi) is 4.20. The number of hydrogen-bond acceptors (Lipinski definition) is 5. The third-order valence-electron chi connectivity index (χ3n) is 4.68. The highest BCUT2D eigenvalue weighted by molar-refractivity contribution is 5.93. The molecule has 8 heteroatoms. The normalized spacial score (nSPS) is 14.4. The van der Waals surface area contributed by atoms with Crippen molar-refractivity contribution in [1.29, 1.82) is 5.26 Å². The average molecular weight is 364 g/mol. The largest absolute Gasteiger partial charge is 0.334 e. The average Bonchev–Trinajstić information content (AvgIpc) is 3.13. The van der Waals surface area contributed by atoms with Crippen LogP contribution in [0.4, 0.5) is 4.39 Å².